The van der Waals surface area contributed by atoms with E-state index in [-0.39, 0.29) is 18.0 Å². The number of amides is 1. The van der Waals surface area contributed by atoms with Crippen LogP contribution in [0.1, 0.15) is 0 Å². The molecule has 0 atom stereocenters. The van der Waals surface area contributed by atoms with E-state index in [0.717, 1.165) is 21.9 Å². The lowest BCUT2D eigenvalue weighted by atomic mass is 10.0. The number of para-hydroxylation sites is 2. The molecule has 0 aliphatic rings. The van der Waals surface area contributed by atoms with E-state index in [9.17, 15) is 9.59 Å². The fourth-order valence-corrected chi connectivity index (χ4v) is 4.65. The number of anilines is 1. The quantitative estimate of drug-likeness (QED) is 0.420. The molecule has 0 radical (unpaired) electrons. The first-order chi connectivity index (χ1) is 15.6. The normalized spacial score (nSPS) is 11.0. The van der Waals surface area contributed by atoms with Crippen LogP contribution in [0.4, 0.5) is 5.69 Å². The Labute approximate surface area is 187 Å². The van der Waals surface area contributed by atoms with Gasteiger partial charge in [-0.25, -0.2) is 4.98 Å². The van der Waals surface area contributed by atoms with Crippen LogP contribution in [0.3, 0.4) is 0 Å². The van der Waals surface area contributed by atoms with Gasteiger partial charge in [-0.05, 0) is 34.5 Å². The molecule has 1 N–H and O–H groups in total. The summed E-state index contributed by atoms with van der Waals surface area (Å²) in [7, 11) is 1.54. The van der Waals surface area contributed by atoms with Gasteiger partial charge < -0.3 is 10.1 Å². The van der Waals surface area contributed by atoms with Crippen molar-refractivity contribution in [3.8, 4) is 16.9 Å². The molecular weight excluding hydrogens is 422 g/mol. The summed E-state index contributed by atoms with van der Waals surface area (Å²) in [6.07, 6.45) is 1.42. The first kappa shape index (κ1) is 20.0. The Morgan fingerprint density at radius 3 is 2.69 bits per heavy atom. The molecule has 0 saturated carbocycles. The third kappa shape index (κ3) is 3.63. The molecule has 0 aliphatic heterocycles. The van der Waals surface area contributed by atoms with Crippen molar-refractivity contribution < 1.29 is 9.53 Å². The van der Waals surface area contributed by atoms with Crippen LogP contribution < -0.4 is 15.6 Å². The van der Waals surface area contributed by atoms with Gasteiger partial charge in [0.25, 0.3) is 5.56 Å². The number of carbonyl (C=O) groups is 1. The molecule has 0 spiro atoms. The van der Waals surface area contributed by atoms with E-state index in [1.165, 1.54) is 29.3 Å². The molecule has 158 valence electrons. The van der Waals surface area contributed by atoms with Crippen LogP contribution in [-0.2, 0) is 11.3 Å². The molecule has 1 amide bonds. The third-order valence-electron chi connectivity index (χ3n) is 5.32. The second-order valence-electron chi connectivity index (χ2n) is 7.32. The van der Waals surface area contributed by atoms with Gasteiger partial charge in [0.2, 0.25) is 5.91 Å². The van der Waals surface area contributed by atoms with Gasteiger partial charge in [0, 0.05) is 10.9 Å². The summed E-state index contributed by atoms with van der Waals surface area (Å²) in [5, 5.41) is 7.51. The number of carbonyl (C=O) groups excluding carboxylic acids is 1. The van der Waals surface area contributed by atoms with Crippen molar-refractivity contribution in [2.75, 3.05) is 12.4 Å². The molecular formula is C25H19N3O3S. The Bertz CT molecular complexity index is 1520. The summed E-state index contributed by atoms with van der Waals surface area (Å²) in [6.45, 7) is -0.146. The summed E-state index contributed by atoms with van der Waals surface area (Å²) in [6, 6.07) is 21.4. The van der Waals surface area contributed by atoms with E-state index in [1.807, 2.05) is 41.8 Å². The van der Waals surface area contributed by atoms with Crippen LogP contribution in [0, 0.1) is 0 Å². The molecule has 0 aliphatic carbocycles. The van der Waals surface area contributed by atoms with Gasteiger partial charge in [-0.3, -0.25) is 14.2 Å². The molecule has 7 heteroatoms. The molecule has 0 bridgehead atoms. The lowest BCUT2D eigenvalue weighted by Gasteiger charge is -2.11. The molecule has 5 rings (SSSR count). The van der Waals surface area contributed by atoms with Gasteiger partial charge in [-0.2, -0.15) is 0 Å². The number of hydrogen-bond acceptors (Lipinski definition) is 5. The highest BCUT2D eigenvalue weighted by Crippen LogP contribution is 2.32. The number of fused-ring (bicyclic) bond motifs is 2. The van der Waals surface area contributed by atoms with Crippen LogP contribution in [0.25, 0.3) is 32.1 Å². The largest absolute Gasteiger partial charge is 0.495 e. The standard InChI is InChI=1S/C25H19N3O3S/c1-31-21-9-5-4-8-20(21)27-22(29)13-28-15-26-24-23(25(28)30)19(14-32-24)18-11-10-16-6-2-3-7-17(16)12-18/h2-12,14-15H,13H2,1H3,(H,27,29). The average Bonchev–Trinajstić information content (AvgIpc) is 3.26. The Kier molecular flexibility index (Phi) is 5.17. The summed E-state index contributed by atoms with van der Waals surface area (Å²) in [5.41, 5.74) is 2.09. The molecule has 5 aromatic rings. The van der Waals surface area contributed by atoms with Gasteiger partial charge in [0.1, 0.15) is 17.1 Å². The number of hydrogen-bond donors (Lipinski definition) is 1. The van der Waals surface area contributed by atoms with E-state index in [2.05, 4.69) is 22.4 Å². The highest BCUT2D eigenvalue weighted by molar-refractivity contribution is 7.17. The number of benzene rings is 3. The fourth-order valence-electron chi connectivity index (χ4n) is 3.74. The maximum Gasteiger partial charge on any atom is 0.263 e. The maximum absolute atomic E-state index is 13.3. The van der Waals surface area contributed by atoms with Crippen LogP contribution in [0.15, 0.2) is 83.2 Å². The minimum absolute atomic E-state index is 0.146. The van der Waals surface area contributed by atoms with E-state index in [0.29, 0.717) is 21.7 Å². The minimum Gasteiger partial charge on any atom is -0.495 e. The molecule has 2 heterocycles. The second-order valence-corrected chi connectivity index (χ2v) is 8.18. The maximum atomic E-state index is 13.3. The van der Waals surface area contributed by atoms with Crippen LogP contribution >= 0.6 is 11.3 Å². The molecule has 2 aromatic heterocycles. The van der Waals surface area contributed by atoms with Crippen molar-refractivity contribution in [3.05, 3.63) is 88.8 Å². The molecule has 0 saturated heterocycles. The number of methoxy groups -OCH3 is 1. The molecule has 0 unspecified atom stereocenters. The number of nitrogens with one attached hydrogen (secondary N) is 1. The predicted molar refractivity (Wildman–Crippen MR) is 128 cm³/mol. The molecule has 3 aromatic carbocycles. The number of nitrogens with zero attached hydrogens (tertiary/aromatic N) is 2. The topological polar surface area (TPSA) is 73.2 Å². The highest BCUT2D eigenvalue weighted by Gasteiger charge is 2.15. The van der Waals surface area contributed by atoms with Crippen molar-refractivity contribution in [1.82, 2.24) is 9.55 Å². The highest BCUT2D eigenvalue weighted by atomic mass is 32.1. The number of ether oxygens (including phenoxy) is 1. The van der Waals surface area contributed by atoms with Crippen molar-refractivity contribution >= 4 is 43.9 Å². The zero-order chi connectivity index (χ0) is 22.1. The van der Waals surface area contributed by atoms with Crippen LogP contribution in [0.2, 0.25) is 0 Å². The minimum atomic E-state index is -0.333. The summed E-state index contributed by atoms with van der Waals surface area (Å²) in [4.78, 5) is 31.0. The van der Waals surface area contributed by atoms with Crippen molar-refractivity contribution in [1.29, 1.82) is 0 Å². The third-order valence-corrected chi connectivity index (χ3v) is 6.20. The van der Waals surface area contributed by atoms with Gasteiger partial charge >= 0.3 is 0 Å². The average molecular weight is 442 g/mol. The van der Waals surface area contributed by atoms with Crippen molar-refractivity contribution in [2.45, 2.75) is 6.54 Å². The lowest BCUT2D eigenvalue weighted by Crippen LogP contribution is -2.27. The Morgan fingerprint density at radius 2 is 1.84 bits per heavy atom. The van der Waals surface area contributed by atoms with Crippen LogP contribution in [-0.4, -0.2) is 22.6 Å². The van der Waals surface area contributed by atoms with Crippen LogP contribution in [0.5, 0.6) is 5.75 Å². The Hall–Kier alpha value is -3.97. The smallest absolute Gasteiger partial charge is 0.263 e. The second kappa shape index (κ2) is 8.28. The van der Waals surface area contributed by atoms with E-state index in [1.54, 1.807) is 18.2 Å². The molecule has 0 fully saturated rings. The molecule has 32 heavy (non-hydrogen) atoms. The lowest BCUT2D eigenvalue weighted by molar-refractivity contribution is -0.116. The number of rotatable bonds is 5. The first-order valence-electron chi connectivity index (χ1n) is 10.0. The van der Waals surface area contributed by atoms with Gasteiger partial charge in [0.05, 0.1) is 24.5 Å². The molecule has 6 nitrogen and oxygen atoms in total. The first-order valence-corrected chi connectivity index (χ1v) is 10.9. The zero-order valence-electron chi connectivity index (χ0n) is 17.2. The summed E-state index contributed by atoms with van der Waals surface area (Å²) >= 11 is 1.42. The SMILES string of the molecule is COc1ccccc1NC(=O)Cn1cnc2scc(-c3ccc4ccccc4c3)c2c1=O. The fraction of sp³-hybridized carbons (Fsp3) is 0.0800. The number of thiophene rings is 1. The van der Waals surface area contributed by atoms with E-state index in [4.69, 9.17) is 4.74 Å². The summed E-state index contributed by atoms with van der Waals surface area (Å²) in [5.74, 6) is 0.221. The zero-order valence-corrected chi connectivity index (χ0v) is 18.1. The van der Waals surface area contributed by atoms with Gasteiger partial charge in [-0.15, -0.1) is 11.3 Å². The van der Waals surface area contributed by atoms with Gasteiger partial charge in [-0.1, -0.05) is 48.5 Å². The number of aromatic nitrogens is 2. The Morgan fingerprint density at radius 1 is 1.06 bits per heavy atom. The monoisotopic (exact) mass is 441 g/mol. The van der Waals surface area contributed by atoms with E-state index >= 15 is 0 Å². The van der Waals surface area contributed by atoms with Crippen molar-refractivity contribution in [3.63, 3.8) is 0 Å². The van der Waals surface area contributed by atoms with Crippen molar-refractivity contribution in [2.24, 2.45) is 0 Å². The Balaban J connectivity index is 1.49. The van der Waals surface area contributed by atoms with Gasteiger partial charge in [0.15, 0.2) is 0 Å². The summed E-state index contributed by atoms with van der Waals surface area (Å²) < 4.78 is 6.61. The van der Waals surface area contributed by atoms with E-state index < -0.39 is 0 Å². The predicted octanol–water partition coefficient (Wildman–Crippen LogP) is 4.93.